The average molecular weight is 361 g/mol. The first kappa shape index (κ1) is 16.2. The number of halogens is 2. The first-order chi connectivity index (χ1) is 11.5. The number of hydrogen-bond donors (Lipinski definition) is 2. The minimum absolute atomic E-state index is 0.127. The van der Waals surface area contributed by atoms with Gasteiger partial charge in [0.1, 0.15) is 0 Å². The Morgan fingerprint density at radius 1 is 1.21 bits per heavy atom. The van der Waals surface area contributed by atoms with Crippen LogP contribution in [0.2, 0.25) is 10.0 Å². The highest BCUT2D eigenvalue weighted by Gasteiger charge is 2.10. The lowest BCUT2D eigenvalue weighted by atomic mass is 10.2. The molecule has 2 aromatic carbocycles. The zero-order chi connectivity index (χ0) is 17.1. The Morgan fingerprint density at radius 2 is 2.00 bits per heavy atom. The van der Waals surface area contributed by atoms with Crippen LogP contribution in [-0.2, 0) is 0 Å². The van der Waals surface area contributed by atoms with Gasteiger partial charge in [0.2, 0.25) is 5.82 Å². The van der Waals surface area contributed by atoms with Crippen molar-refractivity contribution in [3.63, 3.8) is 0 Å². The van der Waals surface area contributed by atoms with Gasteiger partial charge in [0.05, 0.1) is 22.1 Å². The summed E-state index contributed by atoms with van der Waals surface area (Å²) < 4.78 is 0. The Hall–Kier alpha value is -2.70. The number of carbonyl (C=O) groups excluding carboxylic acids is 1. The highest BCUT2D eigenvalue weighted by molar-refractivity contribution is 6.36. The third-order valence-electron chi connectivity index (χ3n) is 3.16. The van der Waals surface area contributed by atoms with Crippen molar-refractivity contribution in [2.24, 2.45) is 5.10 Å². The molecule has 120 valence electrons. The lowest BCUT2D eigenvalue weighted by Gasteiger charge is -2.02. The standard InChI is InChI=1S/C16H10Cl2N4O2/c17-10-6-5-9(12(18)7-10)8-19-22-16(24)14-20-13-4-2-1-3-11(13)15(23)21-14/h1-8H,(H,22,24)(H,20,21,23). The molecule has 0 aliphatic carbocycles. The molecule has 0 saturated carbocycles. The third-order valence-corrected chi connectivity index (χ3v) is 3.72. The van der Waals surface area contributed by atoms with Crippen LogP contribution in [0.4, 0.5) is 0 Å². The zero-order valence-corrected chi connectivity index (χ0v) is 13.6. The Kier molecular flexibility index (Phi) is 4.59. The van der Waals surface area contributed by atoms with E-state index in [-0.39, 0.29) is 5.82 Å². The van der Waals surface area contributed by atoms with E-state index in [1.54, 1.807) is 42.5 Å². The van der Waals surface area contributed by atoms with Gasteiger partial charge >= 0.3 is 5.91 Å². The van der Waals surface area contributed by atoms with E-state index in [0.717, 1.165) is 0 Å². The Labute approximate surface area is 146 Å². The van der Waals surface area contributed by atoms with Crippen molar-refractivity contribution >= 4 is 46.2 Å². The fourth-order valence-electron chi connectivity index (χ4n) is 2.01. The van der Waals surface area contributed by atoms with Crippen molar-refractivity contribution in [1.29, 1.82) is 0 Å². The van der Waals surface area contributed by atoms with Crippen molar-refractivity contribution in [2.75, 3.05) is 0 Å². The molecule has 1 aromatic heterocycles. The lowest BCUT2D eigenvalue weighted by molar-refractivity contribution is 0.0945. The number of amides is 1. The van der Waals surface area contributed by atoms with Gasteiger partial charge in [-0.1, -0.05) is 41.4 Å². The molecule has 0 fully saturated rings. The quantitative estimate of drug-likeness (QED) is 0.555. The molecular weight excluding hydrogens is 351 g/mol. The van der Waals surface area contributed by atoms with E-state index in [0.29, 0.717) is 26.5 Å². The Bertz CT molecular complexity index is 1010. The van der Waals surface area contributed by atoms with E-state index < -0.39 is 11.5 Å². The minimum atomic E-state index is -0.640. The predicted octanol–water partition coefficient (Wildman–Crippen LogP) is 2.99. The lowest BCUT2D eigenvalue weighted by Crippen LogP contribution is -2.24. The van der Waals surface area contributed by atoms with Crippen molar-refractivity contribution in [2.45, 2.75) is 0 Å². The maximum atomic E-state index is 12.1. The highest BCUT2D eigenvalue weighted by atomic mass is 35.5. The number of fused-ring (bicyclic) bond motifs is 1. The summed E-state index contributed by atoms with van der Waals surface area (Å²) in [5, 5.41) is 5.11. The van der Waals surface area contributed by atoms with E-state index >= 15 is 0 Å². The monoisotopic (exact) mass is 360 g/mol. The zero-order valence-electron chi connectivity index (χ0n) is 12.1. The summed E-state index contributed by atoms with van der Waals surface area (Å²) in [4.78, 5) is 30.5. The summed E-state index contributed by atoms with van der Waals surface area (Å²) >= 11 is 11.8. The predicted molar refractivity (Wildman–Crippen MR) is 93.9 cm³/mol. The van der Waals surface area contributed by atoms with Crippen LogP contribution in [0.1, 0.15) is 16.2 Å². The van der Waals surface area contributed by atoms with Crippen LogP contribution in [0.3, 0.4) is 0 Å². The number of aromatic nitrogens is 2. The molecule has 3 rings (SSSR count). The molecule has 6 nitrogen and oxygen atoms in total. The molecule has 0 bridgehead atoms. The smallest absolute Gasteiger partial charge is 0.302 e. The van der Waals surface area contributed by atoms with E-state index in [4.69, 9.17) is 23.2 Å². The van der Waals surface area contributed by atoms with Gasteiger partial charge in [-0.3, -0.25) is 9.59 Å². The van der Waals surface area contributed by atoms with Crippen LogP contribution in [0, 0.1) is 0 Å². The number of H-pyrrole nitrogens is 1. The third kappa shape index (κ3) is 3.45. The van der Waals surface area contributed by atoms with E-state index in [1.165, 1.54) is 6.21 Å². The highest BCUT2D eigenvalue weighted by Crippen LogP contribution is 2.19. The Morgan fingerprint density at radius 3 is 2.79 bits per heavy atom. The fraction of sp³-hybridized carbons (Fsp3) is 0. The second kappa shape index (κ2) is 6.82. The summed E-state index contributed by atoms with van der Waals surface area (Å²) in [6, 6.07) is 11.6. The average Bonchev–Trinajstić information content (AvgIpc) is 2.56. The summed E-state index contributed by atoms with van der Waals surface area (Å²) in [5.41, 5.74) is 2.91. The number of carbonyl (C=O) groups is 1. The van der Waals surface area contributed by atoms with Gasteiger partial charge in [-0.15, -0.1) is 0 Å². The van der Waals surface area contributed by atoms with Gasteiger partial charge in [-0.05, 0) is 24.3 Å². The van der Waals surface area contributed by atoms with Crippen LogP contribution < -0.4 is 11.0 Å². The number of hydrogen-bond acceptors (Lipinski definition) is 4. The molecule has 3 aromatic rings. The van der Waals surface area contributed by atoms with E-state index in [9.17, 15) is 9.59 Å². The number of rotatable bonds is 3. The molecule has 0 atom stereocenters. The summed E-state index contributed by atoms with van der Waals surface area (Å²) in [6.45, 7) is 0. The van der Waals surface area contributed by atoms with Crippen molar-refractivity contribution in [3.8, 4) is 0 Å². The Balaban J connectivity index is 1.80. The molecule has 0 aliphatic rings. The number of nitrogens with zero attached hydrogens (tertiary/aromatic N) is 2. The van der Waals surface area contributed by atoms with Gasteiger partial charge in [0.15, 0.2) is 0 Å². The van der Waals surface area contributed by atoms with Gasteiger partial charge in [-0.25, -0.2) is 10.4 Å². The van der Waals surface area contributed by atoms with Crippen molar-refractivity contribution in [1.82, 2.24) is 15.4 Å². The molecule has 0 unspecified atom stereocenters. The van der Waals surface area contributed by atoms with E-state index in [2.05, 4.69) is 20.5 Å². The summed E-state index contributed by atoms with van der Waals surface area (Å²) in [5.74, 6) is -0.766. The van der Waals surface area contributed by atoms with Gasteiger partial charge < -0.3 is 4.98 Å². The number of nitrogens with one attached hydrogen (secondary N) is 2. The molecule has 0 radical (unpaired) electrons. The van der Waals surface area contributed by atoms with Gasteiger partial charge in [-0.2, -0.15) is 5.10 Å². The second-order valence-corrected chi connectivity index (χ2v) is 5.64. The van der Waals surface area contributed by atoms with E-state index in [1.807, 2.05) is 0 Å². The van der Waals surface area contributed by atoms with Crippen LogP contribution in [0.25, 0.3) is 10.9 Å². The molecule has 2 N–H and O–H groups in total. The van der Waals surface area contributed by atoms with Crippen molar-refractivity contribution < 1.29 is 4.79 Å². The van der Waals surface area contributed by atoms with Crippen LogP contribution in [0.15, 0.2) is 52.4 Å². The second-order valence-electron chi connectivity index (χ2n) is 4.80. The van der Waals surface area contributed by atoms with Crippen LogP contribution in [-0.4, -0.2) is 22.1 Å². The largest absolute Gasteiger partial charge is 0.307 e. The summed E-state index contributed by atoms with van der Waals surface area (Å²) in [6.07, 6.45) is 1.37. The maximum Gasteiger partial charge on any atom is 0.307 e. The number of para-hydroxylation sites is 1. The maximum absolute atomic E-state index is 12.1. The van der Waals surface area contributed by atoms with Crippen LogP contribution in [0.5, 0.6) is 0 Å². The summed E-state index contributed by atoms with van der Waals surface area (Å²) in [7, 11) is 0. The van der Waals surface area contributed by atoms with Crippen molar-refractivity contribution in [3.05, 3.63) is 74.3 Å². The number of hydrazone groups is 1. The number of aromatic amines is 1. The van der Waals surface area contributed by atoms with Gasteiger partial charge in [0, 0.05) is 10.6 Å². The molecule has 1 heterocycles. The molecule has 0 saturated heterocycles. The molecule has 0 spiro atoms. The number of benzene rings is 2. The fourth-order valence-corrected chi connectivity index (χ4v) is 2.47. The van der Waals surface area contributed by atoms with Gasteiger partial charge in [0.25, 0.3) is 5.56 Å². The SMILES string of the molecule is O=C(NN=Cc1ccc(Cl)cc1Cl)c1nc2ccccc2c(=O)[nH]1. The molecule has 24 heavy (non-hydrogen) atoms. The normalized spacial score (nSPS) is 11.1. The topological polar surface area (TPSA) is 87.2 Å². The molecular formula is C16H10Cl2N4O2. The first-order valence-corrected chi connectivity index (χ1v) is 7.58. The van der Waals surface area contributed by atoms with Crippen LogP contribution >= 0.6 is 23.2 Å². The minimum Gasteiger partial charge on any atom is -0.302 e. The first-order valence-electron chi connectivity index (χ1n) is 6.82. The molecule has 1 amide bonds. The molecule has 0 aliphatic heterocycles. The molecule has 8 heteroatoms.